The molecule has 1 fully saturated rings. The zero-order valence-electron chi connectivity index (χ0n) is 25.9. The van der Waals surface area contributed by atoms with Crippen molar-refractivity contribution in [3.05, 3.63) is 29.8 Å². The maximum absolute atomic E-state index is 12.9. The van der Waals surface area contributed by atoms with Gasteiger partial charge in [-0.15, -0.1) is 0 Å². The Morgan fingerprint density at radius 2 is 1.12 bits per heavy atom. The minimum atomic E-state index is -0.641. The number of cyclic esters (lactones) is 1. The van der Waals surface area contributed by atoms with E-state index in [2.05, 4.69) is 13.8 Å². The van der Waals surface area contributed by atoms with Gasteiger partial charge in [0, 0.05) is 18.5 Å². The third-order valence-electron chi connectivity index (χ3n) is 8.07. The van der Waals surface area contributed by atoms with E-state index in [-0.39, 0.29) is 24.7 Å². The summed E-state index contributed by atoms with van der Waals surface area (Å²) < 4.78 is 11.7. The van der Waals surface area contributed by atoms with Gasteiger partial charge in [0.2, 0.25) is 12.1 Å². The van der Waals surface area contributed by atoms with Crippen molar-refractivity contribution in [1.29, 1.82) is 0 Å². The Morgan fingerprint density at radius 3 is 1.65 bits per heavy atom. The summed E-state index contributed by atoms with van der Waals surface area (Å²) in [5.74, 6) is 0.530. The number of nitrogens with zero attached hydrogens (tertiary/aromatic N) is 1. The molecule has 1 amide bonds. The zero-order valence-corrected chi connectivity index (χ0v) is 25.9. The van der Waals surface area contributed by atoms with Gasteiger partial charge in [0.05, 0.1) is 13.0 Å². The summed E-state index contributed by atoms with van der Waals surface area (Å²) in [5.41, 5.74) is 0.834. The van der Waals surface area contributed by atoms with E-state index >= 15 is 0 Å². The summed E-state index contributed by atoms with van der Waals surface area (Å²) in [5, 5.41) is 0. The van der Waals surface area contributed by atoms with Crippen LogP contribution in [0.4, 0.5) is 0 Å². The molecular formula is C35H59NO4. The molecule has 228 valence electrons. The summed E-state index contributed by atoms with van der Waals surface area (Å²) in [6, 6.07) is 7.75. The number of unbranched alkanes of at least 4 members (excludes halogenated alkanes) is 18. The van der Waals surface area contributed by atoms with E-state index < -0.39 is 6.23 Å². The molecule has 0 aromatic heterocycles. The van der Waals surface area contributed by atoms with Crippen molar-refractivity contribution in [2.24, 2.45) is 0 Å². The highest BCUT2D eigenvalue weighted by molar-refractivity contribution is 5.83. The van der Waals surface area contributed by atoms with Crippen LogP contribution in [0.15, 0.2) is 24.3 Å². The fourth-order valence-corrected chi connectivity index (χ4v) is 5.50. The average molecular weight is 558 g/mol. The van der Waals surface area contributed by atoms with Crippen LogP contribution in [0.25, 0.3) is 0 Å². The predicted octanol–water partition coefficient (Wildman–Crippen LogP) is 10.1. The molecule has 40 heavy (non-hydrogen) atoms. The maximum atomic E-state index is 12.9. The van der Waals surface area contributed by atoms with Gasteiger partial charge in [0.15, 0.2) is 0 Å². The molecule has 1 atom stereocenters. The highest BCUT2D eigenvalue weighted by Crippen LogP contribution is 2.29. The van der Waals surface area contributed by atoms with Crippen LogP contribution in [0.3, 0.4) is 0 Å². The number of carbonyl (C=O) groups is 2. The molecule has 5 heteroatoms. The molecule has 0 aliphatic carbocycles. The first-order chi connectivity index (χ1) is 19.7. The molecule has 0 bridgehead atoms. The lowest BCUT2D eigenvalue weighted by Gasteiger charge is -2.29. The number of hydrogen-bond donors (Lipinski definition) is 0. The van der Waals surface area contributed by atoms with Crippen LogP contribution < -0.4 is 4.74 Å². The third-order valence-corrected chi connectivity index (χ3v) is 8.07. The fourth-order valence-electron chi connectivity index (χ4n) is 5.50. The second-order valence-corrected chi connectivity index (χ2v) is 11.7. The molecule has 1 aliphatic rings. The number of esters is 1. The minimum Gasteiger partial charge on any atom is -0.494 e. The van der Waals surface area contributed by atoms with E-state index in [4.69, 9.17) is 9.47 Å². The van der Waals surface area contributed by atoms with Crippen LogP contribution in [0.1, 0.15) is 167 Å². The molecule has 0 spiro atoms. The van der Waals surface area contributed by atoms with Crippen LogP contribution in [-0.2, 0) is 14.3 Å². The van der Waals surface area contributed by atoms with Gasteiger partial charge >= 0.3 is 5.97 Å². The minimum absolute atomic E-state index is 0.00564. The van der Waals surface area contributed by atoms with Gasteiger partial charge in [-0.3, -0.25) is 9.59 Å². The largest absolute Gasteiger partial charge is 0.494 e. The number of ether oxygens (including phenoxy) is 2. The number of benzene rings is 1. The molecule has 0 N–H and O–H groups in total. The van der Waals surface area contributed by atoms with Gasteiger partial charge in [-0.2, -0.15) is 0 Å². The molecule has 1 heterocycles. The first-order valence-corrected chi connectivity index (χ1v) is 16.9. The lowest BCUT2D eigenvalue weighted by Crippen LogP contribution is -2.35. The lowest BCUT2D eigenvalue weighted by molar-refractivity contribution is -0.160. The van der Waals surface area contributed by atoms with Crippen LogP contribution in [0, 0.1) is 0 Å². The van der Waals surface area contributed by atoms with Gasteiger partial charge in [-0.25, -0.2) is 0 Å². The molecule has 0 saturated carbocycles. The monoisotopic (exact) mass is 557 g/mol. The molecule has 1 aromatic carbocycles. The zero-order chi connectivity index (χ0) is 28.7. The van der Waals surface area contributed by atoms with Crippen molar-refractivity contribution in [2.75, 3.05) is 13.2 Å². The van der Waals surface area contributed by atoms with Gasteiger partial charge in [-0.1, -0.05) is 129 Å². The quantitative estimate of drug-likeness (QED) is 0.0937. The Bertz CT molecular complexity index is 778. The van der Waals surface area contributed by atoms with E-state index in [0.29, 0.717) is 6.54 Å². The first kappa shape index (κ1) is 34.2. The Labute approximate surface area is 245 Å². The molecule has 0 radical (unpaired) electrons. The van der Waals surface area contributed by atoms with Gasteiger partial charge in [0.1, 0.15) is 5.75 Å². The number of rotatable bonds is 24. The molecule has 1 aliphatic heterocycles. The number of amides is 1. The Kier molecular flexibility index (Phi) is 19.3. The predicted molar refractivity (Wildman–Crippen MR) is 165 cm³/mol. The van der Waals surface area contributed by atoms with Crippen molar-refractivity contribution < 1.29 is 19.1 Å². The SMILES string of the molecule is CCCCCCCCCCCCCCOc1ccc(C2OC(=O)CCC(=O)N2CCCCCCCCCC)cc1. The van der Waals surface area contributed by atoms with Crippen molar-refractivity contribution in [1.82, 2.24) is 4.90 Å². The Hall–Kier alpha value is -2.04. The first-order valence-electron chi connectivity index (χ1n) is 16.9. The maximum Gasteiger partial charge on any atom is 0.308 e. The average Bonchev–Trinajstić information content (AvgIpc) is 3.10. The highest BCUT2D eigenvalue weighted by atomic mass is 16.6. The lowest BCUT2D eigenvalue weighted by atomic mass is 10.1. The topological polar surface area (TPSA) is 55.8 Å². The summed E-state index contributed by atoms with van der Waals surface area (Å²) in [6.45, 7) is 5.86. The van der Waals surface area contributed by atoms with Gasteiger partial charge in [0.25, 0.3) is 0 Å². The third kappa shape index (κ3) is 15.1. The van der Waals surface area contributed by atoms with Crippen molar-refractivity contribution in [2.45, 2.75) is 161 Å². The van der Waals surface area contributed by atoms with E-state index in [1.807, 2.05) is 24.3 Å². The Morgan fingerprint density at radius 1 is 0.650 bits per heavy atom. The summed E-state index contributed by atoms with van der Waals surface area (Å²) >= 11 is 0. The van der Waals surface area contributed by atoms with Crippen molar-refractivity contribution in [3.63, 3.8) is 0 Å². The fraction of sp³-hybridized carbons (Fsp3) is 0.771. The van der Waals surface area contributed by atoms with Gasteiger partial charge in [-0.05, 0) is 37.1 Å². The number of hydrogen-bond acceptors (Lipinski definition) is 4. The molecule has 1 aromatic rings. The normalized spacial score (nSPS) is 15.8. The van der Waals surface area contributed by atoms with E-state index in [1.165, 1.54) is 109 Å². The summed E-state index contributed by atoms with van der Waals surface area (Å²) in [6.07, 6.45) is 25.4. The molecular weight excluding hydrogens is 498 g/mol. The molecule has 5 nitrogen and oxygen atoms in total. The smallest absolute Gasteiger partial charge is 0.308 e. The Balaban J connectivity index is 1.67. The molecule has 1 saturated heterocycles. The van der Waals surface area contributed by atoms with Crippen LogP contribution >= 0.6 is 0 Å². The number of carbonyl (C=O) groups excluding carboxylic acids is 2. The second kappa shape index (κ2) is 22.6. The molecule has 1 unspecified atom stereocenters. The van der Waals surface area contributed by atoms with Crippen LogP contribution in [0.2, 0.25) is 0 Å². The van der Waals surface area contributed by atoms with Crippen molar-refractivity contribution >= 4 is 11.9 Å². The molecule has 2 rings (SSSR count). The van der Waals surface area contributed by atoms with E-state index in [0.717, 1.165) is 37.2 Å². The van der Waals surface area contributed by atoms with E-state index in [9.17, 15) is 9.59 Å². The summed E-state index contributed by atoms with van der Waals surface area (Å²) in [4.78, 5) is 26.9. The summed E-state index contributed by atoms with van der Waals surface area (Å²) in [7, 11) is 0. The van der Waals surface area contributed by atoms with E-state index in [1.54, 1.807) is 4.90 Å². The van der Waals surface area contributed by atoms with Gasteiger partial charge < -0.3 is 14.4 Å². The highest BCUT2D eigenvalue weighted by Gasteiger charge is 2.31. The van der Waals surface area contributed by atoms with Crippen molar-refractivity contribution in [3.8, 4) is 5.75 Å². The van der Waals surface area contributed by atoms with Crippen LogP contribution in [-0.4, -0.2) is 29.9 Å². The second-order valence-electron chi connectivity index (χ2n) is 11.7. The van der Waals surface area contributed by atoms with Crippen LogP contribution in [0.5, 0.6) is 5.75 Å². The standard InChI is InChI=1S/C35H59NO4/c1-3-5-7-9-11-13-14-15-16-18-20-22-30-39-32-25-23-31(24-26-32)35-36(33(37)27-28-34(38)40-35)29-21-19-17-12-10-8-6-4-2/h23-26,35H,3-22,27-30H2,1-2H3.